The molecule has 178 valence electrons. The molecule has 0 amide bonds. The Balaban J connectivity index is 0.000000406. The van der Waals surface area contributed by atoms with E-state index in [1.54, 1.807) is 34.7 Å². The maximum absolute atomic E-state index is 13.9. The number of aromatic nitrogens is 3. The minimum atomic E-state index is -5.08. The third-order valence-electron chi connectivity index (χ3n) is 4.58. The van der Waals surface area contributed by atoms with Gasteiger partial charge in [0.15, 0.2) is 17.8 Å². The molecule has 2 aromatic heterocycles. The molecule has 4 rings (SSSR count). The van der Waals surface area contributed by atoms with Crippen LogP contribution in [0.15, 0.2) is 60.8 Å². The fraction of sp³-hybridized carbons (Fsp3) is 0.136. The molecule has 0 saturated heterocycles. The molecule has 0 spiro atoms. The van der Waals surface area contributed by atoms with Gasteiger partial charge >= 0.3 is 12.1 Å². The molecular weight excluding hydrogens is 465 g/mol. The molecule has 7 nitrogen and oxygen atoms in total. The van der Waals surface area contributed by atoms with Crippen LogP contribution in [0.25, 0.3) is 17.0 Å². The molecule has 0 radical (unpaired) electrons. The van der Waals surface area contributed by atoms with Gasteiger partial charge in [-0.05, 0) is 23.3 Å². The molecule has 0 bridgehead atoms. The van der Waals surface area contributed by atoms with Crippen molar-refractivity contribution in [3.8, 4) is 11.4 Å². The average molecular weight is 481 g/mol. The molecule has 0 atom stereocenters. The van der Waals surface area contributed by atoms with Gasteiger partial charge in [0.05, 0.1) is 0 Å². The number of aliphatic hydroxyl groups excluding tert-OH is 1. The predicted octanol–water partition coefficient (Wildman–Crippen LogP) is 3.88. The first-order valence-electron chi connectivity index (χ1n) is 9.50. The van der Waals surface area contributed by atoms with Gasteiger partial charge in [-0.1, -0.05) is 36.4 Å². The van der Waals surface area contributed by atoms with Crippen LogP contribution in [-0.2, 0) is 11.2 Å². The van der Waals surface area contributed by atoms with Crippen molar-refractivity contribution in [1.82, 2.24) is 14.6 Å². The Kier molecular flexibility index (Phi) is 7.23. The molecule has 0 aliphatic rings. The predicted molar refractivity (Wildman–Crippen MR) is 108 cm³/mol. The molecule has 2 heterocycles. The van der Waals surface area contributed by atoms with Gasteiger partial charge in [0.1, 0.15) is 11.6 Å². The lowest BCUT2D eigenvalue weighted by atomic mass is 10.1. The minimum absolute atomic E-state index is 0.301. The number of pyridine rings is 1. The highest BCUT2D eigenvalue weighted by Gasteiger charge is 2.38. The first kappa shape index (κ1) is 24.7. The van der Waals surface area contributed by atoms with Crippen LogP contribution in [0.1, 0.15) is 23.0 Å². The Bertz CT molecular complexity index is 1300. The van der Waals surface area contributed by atoms with E-state index in [0.717, 1.165) is 17.2 Å². The SMILES string of the molecule is O=C(O)C(F)(F)F.OC(O)c1ccc(-c2nnc3ccc(Cc4ccc(F)cc4F)cn23)cc1. The van der Waals surface area contributed by atoms with Gasteiger partial charge in [0.25, 0.3) is 0 Å². The fourth-order valence-electron chi connectivity index (χ4n) is 2.93. The van der Waals surface area contributed by atoms with Crippen LogP contribution in [0, 0.1) is 11.6 Å². The number of benzene rings is 2. The Labute approximate surface area is 188 Å². The number of hydrogen-bond acceptors (Lipinski definition) is 5. The standard InChI is InChI=1S/C20H15F2N3O2.C2HF3O2/c21-16-7-6-15(17(22)10-16)9-12-1-8-18-23-24-19(25(18)11-12)13-2-4-14(5-3-13)20(26)27;3-2(4,5)1(6)7/h1-8,10-11,20,26-27H,9H2;(H,6,7). The third-order valence-corrected chi connectivity index (χ3v) is 4.58. The van der Waals surface area contributed by atoms with Gasteiger partial charge in [-0.2, -0.15) is 13.2 Å². The summed E-state index contributed by atoms with van der Waals surface area (Å²) in [5, 5.41) is 33.8. The average Bonchev–Trinajstić information content (AvgIpc) is 3.19. The molecule has 0 aliphatic carbocycles. The third kappa shape index (κ3) is 5.91. The van der Waals surface area contributed by atoms with E-state index in [1.165, 1.54) is 12.1 Å². The van der Waals surface area contributed by atoms with E-state index < -0.39 is 30.1 Å². The molecule has 4 aromatic rings. The number of hydrogen-bond donors (Lipinski definition) is 3. The second-order valence-electron chi connectivity index (χ2n) is 7.00. The second kappa shape index (κ2) is 9.93. The van der Waals surface area contributed by atoms with Gasteiger partial charge in [0.2, 0.25) is 0 Å². The first-order chi connectivity index (χ1) is 16.0. The van der Waals surface area contributed by atoms with Crippen LogP contribution in [0.4, 0.5) is 22.0 Å². The van der Waals surface area contributed by atoms with E-state index in [-0.39, 0.29) is 0 Å². The van der Waals surface area contributed by atoms with Crippen molar-refractivity contribution in [3.05, 3.63) is 89.1 Å². The first-order valence-corrected chi connectivity index (χ1v) is 9.50. The summed E-state index contributed by atoms with van der Waals surface area (Å²) in [6, 6.07) is 13.8. The number of rotatable bonds is 4. The number of alkyl halides is 3. The van der Waals surface area contributed by atoms with Crippen LogP contribution >= 0.6 is 0 Å². The molecule has 0 aliphatic heterocycles. The van der Waals surface area contributed by atoms with E-state index in [0.29, 0.717) is 29.0 Å². The van der Waals surface area contributed by atoms with Crippen LogP contribution in [0.5, 0.6) is 0 Å². The van der Waals surface area contributed by atoms with E-state index in [1.807, 2.05) is 12.3 Å². The molecule has 0 fully saturated rings. The normalized spacial score (nSPS) is 11.4. The number of carboxylic acid groups (broad SMARTS) is 1. The lowest BCUT2D eigenvalue weighted by Gasteiger charge is -2.07. The number of carboxylic acids is 1. The lowest BCUT2D eigenvalue weighted by Crippen LogP contribution is -2.21. The quantitative estimate of drug-likeness (QED) is 0.302. The Morgan fingerprint density at radius 3 is 2.18 bits per heavy atom. The minimum Gasteiger partial charge on any atom is -0.475 e. The summed E-state index contributed by atoms with van der Waals surface area (Å²) in [6.07, 6.45) is -4.51. The van der Waals surface area contributed by atoms with E-state index in [2.05, 4.69) is 10.2 Å². The number of nitrogens with zero attached hydrogens (tertiary/aromatic N) is 3. The summed E-state index contributed by atoms with van der Waals surface area (Å²) in [5.41, 5.74) is 2.96. The summed E-state index contributed by atoms with van der Waals surface area (Å²) in [4.78, 5) is 8.90. The highest BCUT2D eigenvalue weighted by molar-refractivity contribution is 5.73. The van der Waals surface area contributed by atoms with E-state index in [9.17, 15) is 32.2 Å². The summed E-state index contributed by atoms with van der Waals surface area (Å²) >= 11 is 0. The van der Waals surface area contributed by atoms with Crippen LogP contribution in [0.3, 0.4) is 0 Å². The highest BCUT2D eigenvalue weighted by atomic mass is 19.4. The fourth-order valence-corrected chi connectivity index (χ4v) is 2.93. The van der Waals surface area contributed by atoms with Gasteiger partial charge in [-0.15, -0.1) is 10.2 Å². The number of fused-ring (bicyclic) bond motifs is 1. The zero-order valence-corrected chi connectivity index (χ0v) is 17.0. The molecule has 12 heteroatoms. The monoisotopic (exact) mass is 481 g/mol. The second-order valence-corrected chi connectivity index (χ2v) is 7.00. The summed E-state index contributed by atoms with van der Waals surface area (Å²) < 4.78 is 60.5. The highest BCUT2D eigenvalue weighted by Crippen LogP contribution is 2.22. The van der Waals surface area contributed by atoms with Crippen molar-refractivity contribution in [2.24, 2.45) is 0 Å². The number of aliphatic carboxylic acids is 1. The topological polar surface area (TPSA) is 108 Å². The maximum Gasteiger partial charge on any atom is 0.490 e. The molecule has 34 heavy (non-hydrogen) atoms. The van der Waals surface area contributed by atoms with E-state index >= 15 is 0 Å². The van der Waals surface area contributed by atoms with Crippen molar-refractivity contribution in [2.75, 3.05) is 0 Å². The van der Waals surface area contributed by atoms with Gasteiger partial charge < -0.3 is 15.3 Å². The number of aliphatic hydroxyl groups is 2. The zero-order valence-electron chi connectivity index (χ0n) is 17.0. The molecule has 3 N–H and O–H groups in total. The van der Waals surface area contributed by atoms with Crippen molar-refractivity contribution in [3.63, 3.8) is 0 Å². The molecule has 0 unspecified atom stereocenters. The lowest BCUT2D eigenvalue weighted by molar-refractivity contribution is -0.192. The smallest absolute Gasteiger partial charge is 0.475 e. The van der Waals surface area contributed by atoms with Gasteiger partial charge in [0, 0.05) is 29.8 Å². The van der Waals surface area contributed by atoms with Crippen LogP contribution in [0.2, 0.25) is 0 Å². The van der Waals surface area contributed by atoms with E-state index in [4.69, 9.17) is 9.90 Å². The Morgan fingerprint density at radius 2 is 1.62 bits per heavy atom. The Hall–Kier alpha value is -3.90. The number of carbonyl (C=O) groups is 1. The largest absolute Gasteiger partial charge is 0.490 e. The van der Waals surface area contributed by atoms with Crippen molar-refractivity contribution < 1.29 is 42.1 Å². The van der Waals surface area contributed by atoms with Crippen LogP contribution in [-0.4, -0.2) is 42.1 Å². The zero-order chi connectivity index (χ0) is 25.0. The molecule has 0 saturated carbocycles. The van der Waals surface area contributed by atoms with Crippen molar-refractivity contribution >= 4 is 11.6 Å². The van der Waals surface area contributed by atoms with Gasteiger partial charge in [-0.25, -0.2) is 13.6 Å². The summed E-state index contributed by atoms with van der Waals surface area (Å²) in [6.45, 7) is 0. The maximum atomic E-state index is 13.9. The van der Waals surface area contributed by atoms with Gasteiger partial charge in [-0.3, -0.25) is 4.40 Å². The Morgan fingerprint density at radius 1 is 0.971 bits per heavy atom. The summed E-state index contributed by atoms with van der Waals surface area (Å²) in [5.74, 6) is -3.38. The molecular formula is C22H16F5N3O4. The van der Waals surface area contributed by atoms with Crippen molar-refractivity contribution in [1.29, 1.82) is 0 Å². The van der Waals surface area contributed by atoms with Crippen LogP contribution < -0.4 is 0 Å². The van der Waals surface area contributed by atoms with Crippen molar-refractivity contribution in [2.45, 2.75) is 18.9 Å². The molecule has 2 aromatic carbocycles. The summed E-state index contributed by atoms with van der Waals surface area (Å²) in [7, 11) is 0. The number of halogens is 5.